The normalized spacial score (nSPS) is 23.6. The fourth-order valence-corrected chi connectivity index (χ4v) is 5.08. The zero-order valence-corrected chi connectivity index (χ0v) is 14.3. The summed E-state index contributed by atoms with van der Waals surface area (Å²) in [5.41, 5.74) is 2.61. The monoisotopic (exact) mass is 337 g/mol. The number of hydrogen-bond acceptors (Lipinski definition) is 5. The lowest BCUT2D eigenvalue weighted by Crippen LogP contribution is -2.45. The van der Waals surface area contributed by atoms with Gasteiger partial charge < -0.3 is 9.64 Å². The molecule has 0 bridgehead atoms. The summed E-state index contributed by atoms with van der Waals surface area (Å²) in [6, 6.07) is 10.6. The number of hydrogen-bond donors (Lipinski definition) is 0. The predicted octanol–water partition coefficient (Wildman–Crippen LogP) is 4.12. The second kappa shape index (κ2) is 5.53. The van der Waals surface area contributed by atoms with Crippen LogP contribution in [0.2, 0.25) is 0 Å². The van der Waals surface area contributed by atoms with Gasteiger partial charge in [-0.25, -0.2) is 9.97 Å². The van der Waals surface area contributed by atoms with E-state index in [2.05, 4.69) is 45.6 Å². The second-order valence-electron chi connectivity index (χ2n) is 6.67. The average molecular weight is 337 g/mol. The molecule has 2 saturated heterocycles. The van der Waals surface area contributed by atoms with Gasteiger partial charge in [-0.15, -0.1) is 11.3 Å². The van der Waals surface area contributed by atoms with Crippen LogP contribution in [0, 0.1) is 0 Å². The number of fused-ring (bicyclic) bond motifs is 1. The second-order valence-corrected chi connectivity index (χ2v) is 7.53. The van der Waals surface area contributed by atoms with Crippen LogP contribution in [0.5, 0.6) is 0 Å². The number of ether oxygens (including phenoxy) is 1. The van der Waals surface area contributed by atoms with Crippen molar-refractivity contribution in [1.82, 2.24) is 9.97 Å². The lowest BCUT2D eigenvalue weighted by molar-refractivity contribution is 0.178. The van der Waals surface area contributed by atoms with Crippen molar-refractivity contribution in [2.45, 2.75) is 24.8 Å². The third-order valence-corrected chi connectivity index (χ3v) is 6.26. The molecule has 2 fully saturated rings. The van der Waals surface area contributed by atoms with Crippen molar-refractivity contribution in [3.63, 3.8) is 0 Å². The molecule has 4 heterocycles. The summed E-state index contributed by atoms with van der Waals surface area (Å²) in [7, 11) is 0. The third kappa shape index (κ3) is 2.08. The van der Waals surface area contributed by atoms with Crippen molar-refractivity contribution >= 4 is 27.4 Å². The Bertz CT molecular complexity index is 865. The predicted molar refractivity (Wildman–Crippen MR) is 97.6 cm³/mol. The Morgan fingerprint density at radius 2 is 2.04 bits per heavy atom. The van der Waals surface area contributed by atoms with E-state index in [4.69, 9.17) is 9.72 Å². The molecule has 0 N–H and O–H groups in total. The van der Waals surface area contributed by atoms with Gasteiger partial charge in [0.25, 0.3) is 0 Å². The maximum absolute atomic E-state index is 5.76. The lowest BCUT2D eigenvalue weighted by Gasteiger charge is -2.35. The van der Waals surface area contributed by atoms with Crippen LogP contribution in [-0.4, -0.2) is 35.3 Å². The molecule has 3 aromatic rings. The maximum Gasteiger partial charge on any atom is 0.141 e. The fourth-order valence-electron chi connectivity index (χ4n) is 4.17. The van der Waals surface area contributed by atoms with Crippen LogP contribution < -0.4 is 4.90 Å². The van der Waals surface area contributed by atoms with Gasteiger partial charge in [-0.05, 0) is 24.8 Å². The van der Waals surface area contributed by atoms with Crippen molar-refractivity contribution in [3.8, 4) is 11.1 Å². The van der Waals surface area contributed by atoms with Crippen molar-refractivity contribution < 1.29 is 4.74 Å². The Kier molecular flexibility index (Phi) is 3.31. The molecular formula is C19H19N3OS. The number of nitrogens with zero attached hydrogens (tertiary/aromatic N) is 3. The van der Waals surface area contributed by atoms with E-state index in [1.807, 2.05) is 0 Å². The number of anilines is 1. The highest BCUT2D eigenvalue weighted by Crippen LogP contribution is 2.44. The average Bonchev–Trinajstić information content (AvgIpc) is 3.36. The summed E-state index contributed by atoms with van der Waals surface area (Å²) in [5, 5.41) is 3.41. The molecule has 1 unspecified atom stereocenters. The first-order chi connectivity index (χ1) is 11.9. The van der Waals surface area contributed by atoms with Gasteiger partial charge in [0, 0.05) is 24.1 Å². The Balaban J connectivity index is 1.70. The summed E-state index contributed by atoms with van der Waals surface area (Å²) in [4.78, 5) is 12.8. The van der Waals surface area contributed by atoms with Gasteiger partial charge in [0.2, 0.25) is 0 Å². The molecule has 5 heteroatoms. The number of benzene rings is 1. The summed E-state index contributed by atoms with van der Waals surface area (Å²) >= 11 is 1.70. The van der Waals surface area contributed by atoms with E-state index in [0.29, 0.717) is 0 Å². The summed E-state index contributed by atoms with van der Waals surface area (Å²) in [5.74, 6) is 1.09. The molecule has 4 nitrogen and oxygen atoms in total. The first-order valence-corrected chi connectivity index (χ1v) is 9.38. The number of rotatable bonds is 2. The quantitative estimate of drug-likeness (QED) is 0.705. The minimum Gasteiger partial charge on any atom is -0.379 e. The molecule has 122 valence electrons. The van der Waals surface area contributed by atoms with Gasteiger partial charge in [0.05, 0.1) is 17.5 Å². The van der Waals surface area contributed by atoms with Crippen molar-refractivity contribution in [3.05, 3.63) is 42.0 Å². The molecule has 2 aromatic heterocycles. The van der Waals surface area contributed by atoms with Crippen LogP contribution in [0.1, 0.15) is 19.3 Å². The summed E-state index contributed by atoms with van der Waals surface area (Å²) in [6.45, 7) is 2.74. The zero-order valence-electron chi connectivity index (χ0n) is 13.4. The molecule has 24 heavy (non-hydrogen) atoms. The van der Waals surface area contributed by atoms with Gasteiger partial charge in [-0.2, -0.15) is 0 Å². The van der Waals surface area contributed by atoms with Crippen LogP contribution in [-0.2, 0) is 4.74 Å². The Hall–Kier alpha value is -1.98. The first kappa shape index (κ1) is 14.4. The van der Waals surface area contributed by atoms with Crippen molar-refractivity contribution in [2.75, 3.05) is 24.7 Å². The van der Waals surface area contributed by atoms with Gasteiger partial charge in [0.15, 0.2) is 0 Å². The Labute approximate surface area is 145 Å². The van der Waals surface area contributed by atoms with Gasteiger partial charge in [-0.3, -0.25) is 0 Å². The molecule has 0 aliphatic carbocycles. The minimum absolute atomic E-state index is 0.136. The summed E-state index contributed by atoms with van der Waals surface area (Å²) in [6.07, 6.45) is 5.22. The Morgan fingerprint density at radius 1 is 1.12 bits per heavy atom. The third-order valence-electron chi connectivity index (χ3n) is 5.37. The summed E-state index contributed by atoms with van der Waals surface area (Å²) < 4.78 is 5.76. The molecule has 2 aliphatic rings. The topological polar surface area (TPSA) is 38.2 Å². The van der Waals surface area contributed by atoms with Gasteiger partial charge in [0.1, 0.15) is 17.0 Å². The zero-order chi connectivity index (χ0) is 16.0. The molecular weight excluding hydrogens is 318 g/mol. The molecule has 1 aromatic carbocycles. The molecule has 0 amide bonds. The lowest BCUT2D eigenvalue weighted by atomic mass is 9.95. The van der Waals surface area contributed by atoms with E-state index in [1.54, 1.807) is 17.7 Å². The smallest absolute Gasteiger partial charge is 0.141 e. The molecule has 5 rings (SSSR count). The molecule has 1 atom stereocenters. The van der Waals surface area contributed by atoms with E-state index in [-0.39, 0.29) is 5.54 Å². The molecule has 1 spiro atoms. The van der Waals surface area contributed by atoms with Crippen LogP contribution in [0.25, 0.3) is 21.3 Å². The highest BCUT2D eigenvalue weighted by atomic mass is 32.1. The van der Waals surface area contributed by atoms with Crippen LogP contribution in [0.15, 0.2) is 42.0 Å². The van der Waals surface area contributed by atoms with E-state index in [0.717, 1.165) is 36.8 Å². The maximum atomic E-state index is 5.76. The fraction of sp³-hybridized carbons (Fsp3) is 0.368. The largest absolute Gasteiger partial charge is 0.379 e. The van der Waals surface area contributed by atoms with E-state index < -0.39 is 0 Å². The van der Waals surface area contributed by atoms with E-state index in [9.17, 15) is 0 Å². The van der Waals surface area contributed by atoms with E-state index in [1.165, 1.54) is 29.4 Å². The highest BCUT2D eigenvalue weighted by molar-refractivity contribution is 7.17. The SMILES string of the molecule is c1ccc(-c2csc3ncnc(N4CCCC45CCOC5)c23)cc1. The standard InChI is InChI=1S/C19H19N3OS/c1-2-5-14(6-3-1)15-11-24-18-16(15)17(20-13-21-18)22-9-4-7-19(22)8-10-23-12-19/h1-3,5-6,11,13H,4,7-10,12H2. The molecule has 2 aliphatic heterocycles. The van der Waals surface area contributed by atoms with Crippen LogP contribution >= 0.6 is 11.3 Å². The first-order valence-electron chi connectivity index (χ1n) is 8.50. The molecule has 0 radical (unpaired) electrons. The minimum atomic E-state index is 0.136. The van der Waals surface area contributed by atoms with E-state index >= 15 is 0 Å². The van der Waals surface area contributed by atoms with Crippen molar-refractivity contribution in [2.24, 2.45) is 0 Å². The Morgan fingerprint density at radius 3 is 2.88 bits per heavy atom. The van der Waals surface area contributed by atoms with Crippen LogP contribution in [0.3, 0.4) is 0 Å². The molecule has 0 saturated carbocycles. The highest BCUT2D eigenvalue weighted by Gasteiger charge is 2.45. The van der Waals surface area contributed by atoms with Gasteiger partial charge in [-0.1, -0.05) is 30.3 Å². The number of thiophene rings is 1. The van der Waals surface area contributed by atoms with Crippen molar-refractivity contribution in [1.29, 1.82) is 0 Å². The van der Waals surface area contributed by atoms with Crippen LogP contribution in [0.4, 0.5) is 5.82 Å². The number of aromatic nitrogens is 2. The van der Waals surface area contributed by atoms with Gasteiger partial charge >= 0.3 is 0 Å².